The molecule has 2 aromatic heterocycles. The molecule has 0 radical (unpaired) electrons. The van der Waals surface area contributed by atoms with E-state index in [1.807, 2.05) is 29.6 Å². The lowest BCUT2D eigenvalue weighted by atomic mass is 10.2. The molecule has 1 atom stereocenters. The van der Waals surface area contributed by atoms with Crippen LogP contribution in [-0.2, 0) is 4.79 Å². The van der Waals surface area contributed by atoms with Crippen molar-refractivity contribution in [3.63, 3.8) is 0 Å². The van der Waals surface area contributed by atoms with E-state index in [9.17, 15) is 4.79 Å². The Morgan fingerprint density at radius 2 is 2.08 bits per heavy atom. The molecule has 0 saturated carbocycles. The molecule has 3 aromatic rings. The number of aromatic nitrogens is 2. The van der Waals surface area contributed by atoms with E-state index in [-0.39, 0.29) is 5.91 Å². The highest BCUT2D eigenvalue weighted by Crippen LogP contribution is 2.24. The van der Waals surface area contributed by atoms with E-state index < -0.39 is 6.10 Å². The van der Waals surface area contributed by atoms with Crippen LogP contribution in [0.5, 0.6) is 5.75 Å². The first-order chi connectivity index (χ1) is 11.6. The number of amides is 1. The van der Waals surface area contributed by atoms with Crippen molar-refractivity contribution in [2.24, 2.45) is 0 Å². The third-order valence-corrected chi connectivity index (χ3v) is 4.47. The average molecular weight is 404 g/mol. The normalized spacial score (nSPS) is 11.8. The van der Waals surface area contributed by atoms with E-state index in [0.29, 0.717) is 10.9 Å². The number of rotatable bonds is 5. The Hall–Kier alpha value is -2.25. The van der Waals surface area contributed by atoms with E-state index in [4.69, 9.17) is 4.74 Å². The number of hydrogen-bond acceptors (Lipinski definition) is 5. The number of nitrogens with zero attached hydrogens (tertiary/aromatic N) is 2. The summed E-state index contributed by atoms with van der Waals surface area (Å²) in [7, 11) is 0. The van der Waals surface area contributed by atoms with Crippen LogP contribution in [0.1, 0.15) is 6.92 Å². The molecular formula is C17H14BrN3O2S. The van der Waals surface area contributed by atoms with Gasteiger partial charge in [-0.25, -0.2) is 4.98 Å². The summed E-state index contributed by atoms with van der Waals surface area (Å²) < 4.78 is 6.58. The molecule has 5 nitrogen and oxygen atoms in total. The molecule has 0 aliphatic heterocycles. The molecule has 1 aromatic carbocycles. The standard InChI is InChI=1S/C17H14BrN3O2S/c1-11(23-14-6-4-13(18)5-7-14)16(22)21-17-20-15(10-24-17)12-3-2-8-19-9-12/h2-11H,1H3,(H,20,21,22). The highest BCUT2D eigenvalue weighted by atomic mass is 79.9. The van der Waals surface area contributed by atoms with Crippen molar-refractivity contribution in [1.29, 1.82) is 0 Å². The first kappa shape index (κ1) is 16.6. The molecule has 0 bridgehead atoms. The Labute approximate surface area is 151 Å². The number of carbonyl (C=O) groups excluding carboxylic acids is 1. The molecule has 0 aliphatic carbocycles. The Bertz CT molecular complexity index is 821. The Morgan fingerprint density at radius 3 is 2.79 bits per heavy atom. The molecule has 0 spiro atoms. The summed E-state index contributed by atoms with van der Waals surface area (Å²) in [6, 6.07) is 11.1. The van der Waals surface area contributed by atoms with Gasteiger partial charge in [-0.05, 0) is 43.3 Å². The zero-order chi connectivity index (χ0) is 16.9. The summed E-state index contributed by atoms with van der Waals surface area (Å²) in [6.07, 6.45) is 2.82. The lowest BCUT2D eigenvalue weighted by Gasteiger charge is -2.13. The molecule has 0 aliphatic rings. The molecular weight excluding hydrogens is 390 g/mol. The number of carbonyl (C=O) groups is 1. The van der Waals surface area contributed by atoms with Crippen LogP contribution < -0.4 is 10.1 Å². The summed E-state index contributed by atoms with van der Waals surface area (Å²) >= 11 is 4.73. The van der Waals surface area contributed by atoms with Crippen molar-refractivity contribution in [1.82, 2.24) is 9.97 Å². The smallest absolute Gasteiger partial charge is 0.266 e. The van der Waals surface area contributed by atoms with Gasteiger partial charge < -0.3 is 4.74 Å². The summed E-state index contributed by atoms with van der Waals surface area (Å²) in [5, 5.41) is 5.19. The second kappa shape index (κ2) is 7.55. The van der Waals surface area contributed by atoms with Crippen molar-refractivity contribution >= 4 is 38.3 Å². The van der Waals surface area contributed by atoms with Gasteiger partial charge in [0.2, 0.25) is 0 Å². The summed E-state index contributed by atoms with van der Waals surface area (Å²) in [5.41, 5.74) is 1.69. The highest BCUT2D eigenvalue weighted by molar-refractivity contribution is 9.10. The summed E-state index contributed by atoms with van der Waals surface area (Å²) in [6.45, 7) is 1.70. The minimum absolute atomic E-state index is 0.245. The number of pyridine rings is 1. The second-order valence-electron chi connectivity index (χ2n) is 4.98. The quantitative estimate of drug-likeness (QED) is 0.686. The van der Waals surface area contributed by atoms with Crippen LogP contribution in [0.4, 0.5) is 5.13 Å². The van der Waals surface area contributed by atoms with Crippen molar-refractivity contribution in [3.05, 3.63) is 58.6 Å². The molecule has 1 amide bonds. The van der Waals surface area contributed by atoms with Gasteiger partial charge >= 0.3 is 0 Å². The molecule has 2 heterocycles. The van der Waals surface area contributed by atoms with Crippen LogP contribution >= 0.6 is 27.3 Å². The second-order valence-corrected chi connectivity index (χ2v) is 6.76. The highest BCUT2D eigenvalue weighted by Gasteiger charge is 2.16. The van der Waals surface area contributed by atoms with E-state index >= 15 is 0 Å². The third kappa shape index (κ3) is 4.18. The van der Waals surface area contributed by atoms with Gasteiger partial charge in [-0.15, -0.1) is 11.3 Å². The number of nitrogens with one attached hydrogen (secondary N) is 1. The average Bonchev–Trinajstić information content (AvgIpc) is 3.06. The number of halogens is 1. The number of hydrogen-bond donors (Lipinski definition) is 1. The lowest BCUT2D eigenvalue weighted by molar-refractivity contribution is -0.122. The number of thiazole rings is 1. The molecule has 1 unspecified atom stereocenters. The molecule has 7 heteroatoms. The fourth-order valence-corrected chi connectivity index (χ4v) is 2.94. The van der Waals surface area contributed by atoms with Gasteiger partial charge in [-0.2, -0.15) is 0 Å². The largest absolute Gasteiger partial charge is 0.481 e. The fourth-order valence-electron chi connectivity index (χ4n) is 1.96. The number of anilines is 1. The van der Waals surface area contributed by atoms with Gasteiger partial charge in [0, 0.05) is 27.8 Å². The van der Waals surface area contributed by atoms with Gasteiger partial charge in [0.15, 0.2) is 11.2 Å². The Balaban J connectivity index is 1.62. The van der Waals surface area contributed by atoms with Gasteiger partial charge in [-0.3, -0.25) is 15.1 Å². The SMILES string of the molecule is CC(Oc1ccc(Br)cc1)C(=O)Nc1nc(-c2cccnc2)cs1. The lowest BCUT2D eigenvalue weighted by Crippen LogP contribution is -2.30. The maximum atomic E-state index is 12.2. The molecule has 122 valence electrons. The van der Waals surface area contributed by atoms with E-state index in [2.05, 4.69) is 31.2 Å². The molecule has 0 saturated heterocycles. The van der Waals surface area contributed by atoms with E-state index in [0.717, 1.165) is 15.7 Å². The van der Waals surface area contributed by atoms with Gasteiger partial charge in [-0.1, -0.05) is 15.9 Å². The molecule has 3 rings (SSSR count). The first-order valence-corrected chi connectivity index (χ1v) is 8.88. The topological polar surface area (TPSA) is 64.1 Å². The minimum atomic E-state index is -0.628. The van der Waals surface area contributed by atoms with Crippen LogP contribution in [0.15, 0.2) is 58.6 Å². The van der Waals surface area contributed by atoms with Gasteiger partial charge in [0.25, 0.3) is 5.91 Å². The molecule has 24 heavy (non-hydrogen) atoms. The van der Waals surface area contributed by atoms with E-state index in [1.54, 1.807) is 31.5 Å². The van der Waals surface area contributed by atoms with Crippen LogP contribution in [0, 0.1) is 0 Å². The van der Waals surface area contributed by atoms with Crippen LogP contribution in [0.3, 0.4) is 0 Å². The summed E-state index contributed by atoms with van der Waals surface area (Å²) in [4.78, 5) is 20.7. The predicted octanol–water partition coefficient (Wildman–Crippen LogP) is 4.37. The van der Waals surface area contributed by atoms with Gasteiger partial charge in [0.1, 0.15) is 5.75 Å². The fraction of sp³-hybridized carbons (Fsp3) is 0.118. The van der Waals surface area contributed by atoms with Crippen molar-refractivity contribution in [2.45, 2.75) is 13.0 Å². The molecule has 0 fully saturated rings. The van der Waals surface area contributed by atoms with Crippen molar-refractivity contribution < 1.29 is 9.53 Å². The van der Waals surface area contributed by atoms with Crippen LogP contribution in [-0.4, -0.2) is 22.0 Å². The van der Waals surface area contributed by atoms with Crippen molar-refractivity contribution in [3.8, 4) is 17.0 Å². The maximum Gasteiger partial charge on any atom is 0.266 e. The Kier molecular flexibility index (Phi) is 5.22. The Morgan fingerprint density at radius 1 is 1.29 bits per heavy atom. The molecule has 1 N–H and O–H groups in total. The summed E-state index contributed by atoms with van der Waals surface area (Å²) in [5.74, 6) is 0.390. The predicted molar refractivity (Wildman–Crippen MR) is 98.2 cm³/mol. The maximum absolute atomic E-state index is 12.2. The first-order valence-electron chi connectivity index (χ1n) is 7.21. The van der Waals surface area contributed by atoms with Crippen LogP contribution in [0.25, 0.3) is 11.3 Å². The number of benzene rings is 1. The van der Waals surface area contributed by atoms with Crippen LogP contribution in [0.2, 0.25) is 0 Å². The van der Waals surface area contributed by atoms with E-state index in [1.165, 1.54) is 11.3 Å². The third-order valence-electron chi connectivity index (χ3n) is 3.19. The van der Waals surface area contributed by atoms with Crippen molar-refractivity contribution in [2.75, 3.05) is 5.32 Å². The monoisotopic (exact) mass is 403 g/mol. The number of ether oxygens (including phenoxy) is 1. The minimum Gasteiger partial charge on any atom is -0.481 e. The zero-order valence-corrected chi connectivity index (χ0v) is 15.2. The zero-order valence-electron chi connectivity index (χ0n) is 12.8. The van der Waals surface area contributed by atoms with Gasteiger partial charge in [0.05, 0.1) is 5.69 Å².